The van der Waals surface area contributed by atoms with Gasteiger partial charge in [-0.3, -0.25) is 0 Å². The van der Waals surface area contributed by atoms with E-state index in [9.17, 15) is 0 Å². The van der Waals surface area contributed by atoms with Gasteiger partial charge in [-0.1, -0.05) is 65.5 Å². The van der Waals surface area contributed by atoms with Crippen LogP contribution in [0, 0.1) is 0 Å². The molecule has 0 aliphatic heterocycles. The van der Waals surface area contributed by atoms with Gasteiger partial charge < -0.3 is 34.2 Å². The average Bonchev–Trinajstić information content (AvgIpc) is 2.94. The van der Waals surface area contributed by atoms with Crippen molar-refractivity contribution in [2.24, 2.45) is 0 Å². The largest absolute Gasteiger partial charge is 0.418 e. The quantitative estimate of drug-likeness (QED) is 0.0922. The smallest absolute Gasteiger partial charge is 0.325 e. The number of hydrogen-bond donors (Lipinski definition) is 0. The van der Waals surface area contributed by atoms with Gasteiger partial charge in [0.25, 0.3) is 0 Å². The molecule has 0 N–H and O–H groups in total. The van der Waals surface area contributed by atoms with Gasteiger partial charge in [-0.05, 0) is 77.3 Å². The summed E-state index contributed by atoms with van der Waals surface area (Å²) in [7, 11) is -4.52. The van der Waals surface area contributed by atoms with E-state index >= 15 is 0 Å². The van der Waals surface area contributed by atoms with Crippen LogP contribution in [-0.2, 0) is 34.2 Å². The molecule has 0 spiro atoms. The van der Waals surface area contributed by atoms with E-state index < -0.39 is 52.8 Å². The molecule has 0 aromatic carbocycles. The Morgan fingerprint density at radius 3 is 1.05 bits per heavy atom. The van der Waals surface area contributed by atoms with Crippen molar-refractivity contribution in [3.05, 3.63) is 25.3 Å². The van der Waals surface area contributed by atoms with Crippen molar-refractivity contribution in [1.82, 2.24) is 0 Å². The van der Waals surface area contributed by atoms with E-state index in [-0.39, 0.29) is 0 Å². The highest BCUT2D eigenvalue weighted by Gasteiger charge is 2.44. The third-order valence-corrected chi connectivity index (χ3v) is 26.1. The molecule has 4 atom stereocenters. The molecule has 0 aromatic rings. The molecule has 0 amide bonds. The van der Waals surface area contributed by atoms with Gasteiger partial charge >= 0.3 is 52.8 Å². The molecule has 0 aliphatic carbocycles. The number of allylic oxidation sites excluding steroid dienone is 2. The molecule has 8 nitrogen and oxygen atoms in total. The molecule has 0 heterocycles. The number of rotatable bonds is 20. The van der Waals surface area contributed by atoms with Crippen LogP contribution in [0.5, 0.6) is 0 Å². The van der Waals surface area contributed by atoms with E-state index in [2.05, 4.69) is 67.0 Å². The lowest BCUT2D eigenvalue weighted by Gasteiger charge is -2.39. The molecule has 0 rings (SSSR count). The van der Waals surface area contributed by atoms with Crippen molar-refractivity contribution in [1.29, 1.82) is 0 Å². The molecular weight excluding hydrogens is 633 g/mol. The van der Waals surface area contributed by atoms with Crippen LogP contribution < -0.4 is 0 Å². The summed E-state index contributed by atoms with van der Waals surface area (Å²) < 4.78 is 46.2. The predicted octanol–water partition coefficient (Wildman–Crippen LogP) is 8.64. The first kappa shape index (κ1) is 49.3. The Hall–Kier alpha value is 0.461. The van der Waals surface area contributed by atoms with Gasteiger partial charge in [0.15, 0.2) is 0 Å². The van der Waals surface area contributed by atoms with Crippen molar-refractivity contribution in [2.45, 2.75) is 131 Å². The van der Waals surface area contributed by atoms with Gasteiger partial charge in [0.2, 0.25) is 0 Å². The Kier molecular flexibility index (Phi) is 34.0. The van der Waals surface area contributed by atoms with Crippen LogP contribution in [0.2, 0.25) is 64.5 Å². The molecular formula is C28H72O8Si6. The fraction of sp³-hybridized carbons (Fsp3) is 0.857. The minimum absolute atomic E-state index is 1.03. The normalized spacial score (nSPS) is 15.6. The van der Waals surface area contributed by atoms with E-state index in [0.717, 1.165) is 37.8 Å². The van der Waals surface area contributed by atoms with Gasteiger partial charge in [0, 0.05) is 28.4 Å². The minimum atomic E-state index is -2.24. The summed E-state index contributed by atoms with van der Waals surface area (Å²) in [6.07, 6.45) is 10.5. The summed E-state index contributed by atoms with van der Waals surface area (Å²) in [6, 6.07) is 2.06. The van der Waals surface area contributed by atoms with Crippen LogP contribution >= 0.6 is 0 Å². The van der Waals surface area contributed by atoms with Crippen molar-refractivity contribution in [2.75, 3.05) is 28.4 Å². The van der Waals surface area contributed by atoms with Crippen LogP contribution in [0.4, 0.5) is 0 Å². The molecule has 0 saturated heterocycles. The maximum absolute atomic E-state index is 6.44. The van der Waals surface area contributed by atoms with Crippen LogP contribution in [-0.4, -0.2) is 81.3 Å². The third-order valence-electron chi connectivity index (χ3n) is 5.90. The first-order valence-corrected chi connectivity index (χ1v) is 30.4. The zero-order chi connectivity index (χ0) is 33.9. The Morgan fingerprint density at radius 2 is 0.857 bits per heavy atom. The van der Waals surface area contributed by atoms with Crippen LogP contribution in [0.25, 0.3) is 0 Å². The fourth-order valence-electron chi connectivity index (χ4n) is 3.37. The van der Waals surface area contributed by atoms with Crippen molar-refractivity contribution in [3.63, 3.8) is 0 Å². The zero-order valence-corrected chi connectivity index (χ0v) is 37.0. The zero-order valence-electron chi connectivity index (χ0n) is 30.6. The third kappa shape index (κ3) is 31.9. The molecule has 0 aromatic heterocycles. The average molecular weight is 705 g/mol. The molecule has 256 valence electrons. The lowest BCUT2D eigenvalue weighted by molar-refractivity contribution is 0.238. The predicted molar refractivity (Wildman–Crippen MR) is 197 cm³/mol. The van der Waals surface area contributed by atoms with Gasteiger partial charge in [0.1, 0.15) is 0 Å². The summed E-state index contributed by atoms with van der Waals surface area (Å²) in [5.41, 5.74) is 0. The highest BCUT2D eigenvalue weighted by Crippen LogP contribution is 2.27. The second-order valence-corrected chi connectivity index (χ2v) is 29.8. The lowest BCUT2D eigenvalue weighted by atomic mass is 10.4. The van der Waals surface area contributed by atoms with E-state index in [1.807, 2.05) is 38.3 Å². The fourth-order valence-corrected chi connectivity index (χ4v) is 24.0. The van der Waals surface area contributed by atoms with Gasteiger partial charge in [-0.15, -0.1) is 13.2 Å². The summed E-state index contributed by atoms with van der Waals surface area (Å²) in [5, 5.41) is 0. The van der Waals surface area contributed by atoms with Crippen LogP contribution in [0.1, 0.15) is 66.2 Å². The van der Waals surface area contributed by atoms with Crippen LogP contribution in [0.3, 0.4) is 0 Å². The summed E-state index contributed by atoms with van der Waals surface area (Å²) in [5.74, 6) is 0. The van der Waals surface area contributed by atoms with Crippen molar-refractivity contribution >= 4 is 52.8 Å². The van der Waals surface area contributed by atoms with Crippen molar-refractivity contribution < 1.29 is 34.2 Å². The SMILES string of the molecule is C=CCC.C=CCC.CCCC[Si](C)(OC)O[Si](C)(C)O[Si](C)(CCCC)OC.CO[SiH](C)O[Si](C)(C)O[SiH](C)OC. The molecule has 0 saturated carbocycles. The van der Waals surface area contributed by atoms with Crippen molar-refractivity contribution in [3.8, 4) is 0 Å². The van der Waals surface area contributed by atoms with E-state index in [4.69, 9.17) is 34.2 Å². The monoisotopic (exact) mass is 704 g/mol. The highest BCUT2D eigenvalue weighted by atomic mass is 28.5. The van der Waals surface area contributed by atoms with Gasteiger partial charge in [-0.2, -0.15) is 0 Å². The number of hydrogen-bond acceptors (Lipinski definition) is 8. The molecule has 0 fully saturated rings. The highest BCUT2D eigenvalue weighted by molar-refractivity contribution is 6.85. The molecule has 0 aliphatic rings. The second-order valence-electron chi connectivity index (χ2n) is 11.1. The second kappa shape index (κ2) is 28.9. The Morgan fingerprint density at radius 1 is 0.571 bits per heavy atom. The first-order valence-electron chi connectivity index (χ1n) is 15.5. The summed E-state index contributed by atoms with van der Waals surface area (Å²) in [4.78, 5) is 0. The maximum Gasteiger partial charge on any atom is 0.325 e. The van der Waals surface area contributed by atoms with Gasteiger partial charge in [0.05, 0.1) is 0 Å². The topological polar surface area (TPSA) is 73.8 Å². The van der Waals surface area contributed by atoms with E-state index in [0.29, 0.717) is 0 Å². The van der Waals surface area contributed by atoms with E-state index in [1.165, 1.54) is 12.8 Å². The molecule has 0 bridgehead atoms. The Bertz CT molecular complexity index is 585. The number of unbranched alkanes of at least 4 members (excludes halogenated alkanes) is 2. The molecule has 4 unspecified atom stereocenters. The standard InChI is InChI=1S/C14H36O4Si3.C6H20O4Si3.2C4H8/c1-9-11-13-20(7,15-3)17-19(5,6)18-21(8,16-4)14-12-10-2;1-7-11(3)9-13(5,6)10-12(4)8-2;2*1-3-4-2/h9-14H2,1-8H3;11-12H,1-6H3;2*3H,1,4H2,2H3. The Labute approximate surface area is 270 Å². The lowest BCUT2D eigenvalue weighted by Crippen LogP contribution is -2.55. The minimum Gasteiger partial charge on any atom is -0.418 e. The van der Waals surface area contributed by atoms with Crippen LogP contribution in [0.15, 0.2) is 25.3 Å². The maximum atomic E-state index is 6.44. The summed E-state index contributed by atoms with van der Waals surface area (Å²) >= 11 is 0. The molecule has 14 heteroatoms. The molecule has 42 heavy (non-hydrogen) atoms. The Balaban J connectivity index is -0.000000290. The van der Waals surface area contributed by atoms with E-state index in [1.54, 1.807) is 28.4 Å². The van der Waals surface area contributed by atoms with Gasteiger partial charge in [-0.25, -0.2) is 0 Å². The molecule has 0 radical (unpaired) electrons. The first-order chi connectivity index (χ1) is 19.4. The summed E-state index contributed by atoms with van der Waals surface area (Å²) in [6.45, 7) is 32.1.